The van der Waals surface area contributed by atoms with Gasteiger partial charge in [0.25, 0.3) is 0 Å². The van der Waals surface area contributed by atoms with Crippen LogP contribution in [0.25, 0.3) is 0 Å². The van der Waals surface area contributed by atoms with Gasteiger partial charge < -0.3 is 0 Å². The van der Waals surface area contributed by atoms with Crippen LogP contribution in [0.3, 0.4) is 0 Å². The molecule has 0 aromatic rings. The van der Waals surface area contributed by atoms with Gasteiger partial charge in [0, 0.05) is 23.7 Å². The molecule has 0 N–H and O–H groups in total. The summed E-state index contributed by atoms with van der Waals surface area (Å²) < 4.78 is 0. The van der Waals surface area contributed by atoms with Gasteiger partial charge in [0.2, 0.25) is 0 Å². The molecule has 1 unspecified atom stereocenters. The lowest BCUT2D eigenvalue weighted by Gasteiger charge is -2.15. The lowest BCUT2D eigenvalue weighted by atomic mass is 9.96. The van der Waals surface area contributed by atoms with Crippen LogP contribution in [0.2, 0.25) is 0 Å². The highest BCUT2D eigenvalue weighted by atomic mass is 35.5. The van der Waals surface area contributed by atoms with Crippen molar-refractivity contribution in [3.63, 3.8) is 0 Å². The van der Waals surface area contributed by atoms with Crippen molar-refractivity contribution < 1.29 is 0 Å². The summed E-state index contributed by atoms with van der Waals surface area (Å²) in [6.07, 6.45) is 6.15. The summed E-state index contributed by atoms with van der Waals surface area (Å²) in [5.41, 5.74) is 1.23. The Labute approximate surface area is 66.8 Å². The molecule has 0 fully saturated rings. The summed E-state index contributed by atoms with van der Waals surface area (Å²) in [5.74, 6) is 1.34. The van der Waals surface area contributed by atoms with Gasteiger partial charge in [-0.05, 0) is 19.8 Å². The van der Waals surface area contributed by atoms with Gasteiger partial charge in [-0.15, -0.1) is 11.6 Å². The molecular formula is C8H12ClN. The van der Waals surface area contributed by atoms with E-state index >= 15 is 0 Å². The topological polar surface area (TPSA) is 12.4 Å². The van der Waals surface area contributed by atoms with Crippen LogP contribution in [0.4, 0.5) is 0 Å². The summed E-state index contributed by atoms with van der Waals surface area (Å²) in [4.78, 5) is 4.21. The highest BCUT2D eigenvalue weighted by Crippen LogP contribution is 2.16. The highest BCUT2D eigenvalue weighted by Gasteiger charge is 2.11. The fourth-order valence-corrected chi connectivity index (χ4v) is 1.39. The van der Waals surface area contributed by atoms with Crippen LogP contribution in [-0.4, -0.2) is 11.6 Å². The van der Waals surface area contributed by atoms with Gasteiger partial charge in [-0.1, -0.05) is 6.08 Å². The monoisotopic (exact) mass is 157 g/mol. The standard InChI is InChI=1S/C8H12ClN/c1-7-8(4-5-9)3-2-6-10-7/h2,6,8H,3-5H2,1H3. The molecule has 0 aromatic carbocycles. The fourth-order valence-electron chi connectivity index (χ4n) is 1.13. The van der Waals surface area contributed by atoms with E-state index < -0.39 is 0 Å². The Hall–Kier alpha value is -0.300. The Balaban J connectivity index is 2.47. The van der Waals surface area contributed by atoms with Crippen molar-refractivity contribution in [1.82, 2.24) is 0 Å². The van der Waals surface area contributed by atoms with E-state index in [1.165, 1.54) is 5.71 Å². The van der Waals surface area contributed by atoms with Crippen LogP contribution >= 0.6 is 11.6 Å². The number of allylic oxidation sites excluding steroid dienone is 1. The highest BCUT2D eigenvalue weighted by molar-refractivity contribution is 6.18. The predicted molar refractivity (Wildman–Crippen MR) is 45.7 cm³/mol. The first kappa shape index (κ1) is 7.80. The van der Waals surface area contributed by atoms with E-state index in [1.807, 2.05) is 6.20 Å². The molecule has 0 aliphatic carbocycles. The number of hydrogen-bond donors (Lipinski definition) is 0. The van der Waals surface area contributed by atoms with Crippen LogP contribution in [-0.2, 0) is 0 Å². The number of rotatable bonds is 2. The van der Waals surface area contributed by atoms with Gasteiger partial charge in [-0.25, -0.2) is 0 Å². The molecule has 1 atom stereocenters. The molecular weight excluding hydrogens is 146 g/mol. The average molecular weight is 158 g/mol. The van der Waals surface area contributed by atoms with Crippen molar-refractivity contribution >= 4 is 17.3 Å². The zero-order valence-electron chi connectivity index (χ0n) is 6.18. The first-order chi connectivity index (χ1) is 4.84. The first-order valence-corrected chi connectivity index (χ1v) is 4.13. The van der Waals surface area contributed by atoms with Crippen molar-refractivity contribution in [3.8, 4) is 0 Å². The maximum absolute atomic E-state index is 5.62. The van der Waals surface area contributed by atoms with E-state index in [0.717, 1.165) is 18.7 Å². The smallest absolute Gasteiger partial charge is 0.0229 e. The Bertz CT molecular complexity index is 161. The lowest BCUT2D eigenvalue weighted by Crippen LogP contribution is -2.12. The van der Waals surface area contributed by atoms with Crippen molar-refractivity contribution in [2.75, 3.05) is 5.88 Å². The van der Waals surface area contributed by atoms with Crippen molar-refractivity contribution in [2.45, 2.75) is 19.8 Å². The number of aliphatic imine (C=N–C) groups is 1. The minimum absolute atomic E-state index is 0.600. The van der Waals surface area contributed by atoms with Crippen LogP contribution in [0.15, 0.2) is 17.3 Å². The van der Waals surface area contributed by atoms with Gasteiger partial charge in [0.05, 0.1) is 0 Å². The third-order valence-corrected chi connectivity index (χ3v) is 2.07. The summed E-state index contributed by atoms with van der Waals surface area (Å²) >= 11 is 5.62. The molecule has 0 saturated heterocycles. The molecule has 1 heterocycles. The van der Waals surface area contributed by atoms with E-state index in [1.54, 1.807) is 0 Å². The summed E-state index contributed by atoms with van der Waals surface area (Å²) in [6.45, 7) is 2.07. The quantitative estimate of drug-likeness (QED) is 0.547. The van der Waals surface area contributed by atoms with Gasteiger partial charge in [-0.3, -0.25) is 4.99 Å². The Morgan fingerprint density at radius 1 is 1.80 bits per heavy atom. The van der Waals surface area contributed by atoms with E-state index in [0.29, 0.717) is 5.92 Å². The molecule has 1 rings (SSSR count). The molecule has 0 bridgehead atoms. The summed E-state index contributed by atoms with van der Waals surface area (Å²) in [6, 6.07) is 0. The second-order valence-corrected chi connectivity index (χ2v) is 2.94. The Morgan fingerprint density at radius 3 is 3.20 bits per heavy atom. The molecule has 1 nitrogen and oxygen atoms in total. The second-order valence-electron chi connectivity index (χ2n) is 2.57. The third kappa shape index (κ3) is 1.84. The number of hydrogen-bond acceptors (Lipinski definition) is 1. The third-order valence-electron chi connectivity index (χ3n) is 1.85. The van der Waals surface area contributed by atoms with Crippen LogP contribution in [0, 0.1) is 5.92 Å². The van der Waals surface area contributed by atoms with E-state index in [4.69, 9.17) is 11.6 Å². The second kappa shape index (κ2) is 3.77. The lowest BCUT2D eigenvalue weighted by molar-refractivity contribution is 0.669. The van der Waals surface area contributed by atoms with Gasteiger partial charge in [-0.2, -0.15) is 0 Å². The summed E-state index contributed by atoms with van der Waals surface area (Å²) in [5, 5.41) is 0. The van der Waals surface area contributed by atoms with Crippen LogP contribution < -0.4 is 0 Å². The van der Waals surface area contributed by atoms with E-state index in [-0.39, 0.29) is 0 Å². The van der Waals surface area contributed by atoms with Crippen molar-refractivity contribution in [2.24, 2.45) is 10.9 Å². The average Bonchev–Trinajstić information content (AvgIpc) is 1.94. The fraction of sp³-hybridized carbons (Fsp3) is 0.625. The molecule has 0 aromatic heterocycles. The van der Waals surface area contributed by atoms with E-state index in [9.17, 15) is 0 Å². The molecule has 1 aliphatic rings. The maximum Gasteiger partial charge on any atom is 0.0229 e. The van der Waals surface area contributed by atoms with E-state index in [2.05, 4.69) is 18.0 Å². The molecule has 56 valence electrons. The molecule has 2 heteroatoms. The number of halogens is 1. The summed E-state index contributed by atoms with van der Waals surface area (Å²) in [7, 11) is 0. The zero-order valence-corrected chi connectivity index (χ0v) is 6.93. The molecule has 0 radical (unpaired) electrons. The van der Waals surface area contributed by atoms with Crippen molar-refractivity contribution in [3.05, 3.63) is 12.3 Å². The Morgan fingerprint density at radius 2 is 2.60 bits per heavy atom. The zero-order chi connectivity index (χ0) is 7.40. The van der Waals surface area contributed by atoms with Gasteiger partial charge in [0.15, 0.2) is 0 Å². The SMILES string of the molecule is CC1=NC=CCC1CCCl. The first-order valence-electron chi connectivity index (χ1n) is 3.60. The molecule has 0 spiro atoms. The minimum atomic E-state index is 0.600. The normalized spacial score (nSPS) is 24.6. The Kier molecular flexibility index (Phi) is 2.94. The predicted octanol–water partition coefficient (Wildman–Crippen LogP) is 2.61. The number of nitrogens with zero attached hydrogens (tertiary/aromatic N) is 1. The molecule has 0 saturated carbocycles. The van der Waals surface area contributed by atoms with Gasteiger partial charge in [0.1, 0.15) is 0 Å². The molecule has 10 heavy (non-hydrogen) atoms. The van der Waals surface area contributed by atoms with Gasteiger partial charge >= 0.3 is 0 Å². The maximum atomic E-state index is 5.62. The number of alkyl halides is 1. The molecule has 0 amide bonds. The van der Waals surface area contributed by atoms with Crippen molar-refractivity contribution in [1.29, 1.82) is 0 Å². The van der Waals surface area contributed by atoms with Crippen LogP contribution in [0.5, 0.6) is 0 Å². The van der Waals surface area contributed by atoms with Crippen LogP contribution in [0.1, 0.15) is 19.8 Å². The largest absolute Gasteiger partial charge is 0.266 e. The minimum Gasteiger partial charge on any atom is -0.266 e. The molecule has 1 aliphatic heterocycles.